The van der Waals surface area contributed by atoms with E-state index in [2.05, 4.69) is 42.8 Å². The van der Waals surface area contributed by atoms with E-state index in [4.69, 9.17) is 0 Å². The van der Waals surface area contributed by atoms with Crippen LogP contribution >= 0.6 is 0 Å². The predicted molar refractivity (Wildman–Crippen MR) is 58.5 cm³/mol. The van der Waals surface area contributed by atoms with Gasteiger partial charge in [0.15, 0.2) is 0 Å². The van der Waals surface area contributed by atoms with Crippen molar-refractivity contribution in [1.29, 1.82) is 0 Å². The molecule has 1 rings (SSSR count). The van der Waals surface area contributed by atoms with Gasteiger partial charge in [-0.2, -0.15) is 0 Å². The molecule has 0 bridgehead atoms. The number of hydrogen-bond donors (Lipinski definition) is 0. The molecule has 0 saturated heterocycles. The van der Waals surface area contributed by atoms with Crippen molar-refractivity contribution in [3.05, 3.63) is 37.1 Å². The quantitative estimate of drug-likeness (QED) is 0.583. The predicted octanol–water partition coefficient (Wildman–Crippen LogP) is 3.12. The molecule has 0 N–H and O–H groups in total. The van der Waals surface area contributed by atoms with E-state index >= 15 is 0 Å². The van der Waals surface area contributed by atoms with E-state index < -0.39 is 0 Å². The summed E-state index contributed by atoms with van der Waals surface area (Å²) in [7, 11) is 0. The van der Waals surface area contributed by atoms with E-state index in [-0.39, 0.29) is 0 Å². The van der Waals surface area contributed by atoms with Gasteiger partial charge in [-0.3, -0.25) is 0 Å². The average Bonchev–Trinajstić information content (AvgIpc) is 2.17. The van der Waals surface area contributed by atoms with Crippen LogP contribution in [0.4, 0.5) is 0 Å². The van der Waals surface area contributed by atoms with Crippen molar-refractivity contribution in [3.63, 3.8) is 0 Å². The summed E-state index contributed by atoms with van der Waals surface area (Å²) in [5.41, 5.74) is 0. The molecule has 13 heavy (non-hydrogen) atoms. The molecule has 1 atom stereocenters. The van der Waals surface area contributed by atoms with Crippen molar-refractivity contribution in [2.24, 2.45) is 0 Å². The van der Waals surface area contributed by atoms with Crippen LogP contribution in [0.2, 0.25) is 0 Å². The van der Waals surface area contributed by atoms with Crippen LogP contribution < -0.4 is 0 Å². The molecule has 0 aliphatic carbocycles. The molecule has 0 aromatic heterocycles. The van der Waals surface area contributed by atoms with Crippen LogP contribution in [0.3, 0.4) is 0 Å². The average molecular weight is 177 g/mol. The van der Waals surface area contributed by atoms with E-state index in [0.717, 1.165) is 13.0 Å². The second-order valence-corrected chi connectivity index (χ2v) is 3.41. The lowest BCUT2D eigenvalue weighted by molar-refractivity contribution is 0.311. The minimum atomic E-state index is 0.536. The minimum Gasteiger partial charge on any atom is -0.371 e. The fourth-order valence-electron chi connectivity index (χ4n) is 1.54. The molecule has 72 valence electrons. The lowest BCUT2D eigenvalue weighted by Crippen LogP contribution is -2.30. The van der Waals surface area contributed by atoms with Gasteiger partial charge in [-0.15, -0.1) is 6.58 Å². The Morgan fingerprint density at radius 1 is 1.46 bits per heavy atom. The van der Waals surface area contributed by atoms with Gasteiger partial charge in [0.05, 0.1) is 6.04 Å². The number of unbranched alkanes of at least 4 members (excludes halogenated alkanes) is 1. The SMILES string of the molecule is C=CCC1C=CC=CN1CCCC. The van der Waals surface area contributed by atoms with Crippen LogP contribution in [0, 0.1) is 0 Å². The molecule has 1 aliphatic heterocycles. The molecule has 1 unspecified atom stereocenters. The summed E-state index contributed by atoms with van der Waals surface area (Å²) in [6.45, 7) is 7.18. The van der Waals surface area contributed by atoms with Gasteiger partial charge in [0, 0.05) is 6.54 Å². The summed E-state index contributed by atoms with van der Waals surface area (Å²) >= 11 is 0. The highest BCUT2D eigenvalue weighted by Gasteiger charge is 2.11. The molecule has 0 amide bonds. The van der Waals surface area contributed by atoms with Gasteiger partial charge in [0.25, 0.3) is 0 Å². The van der Waals surface area contributed by atoms with Crippen LogP contribution in [-0.4, -0.2) is 17.5 Å². The molecular formula is C12H19N. The van der Waals surface area contributed by atoms with Gasteiger partial charge in [-0.25, -0.2) is 0 Å². The van der Waals surface area contributed by atoms with Gasteiger partial charge in [-0.1, -0.05) is 31.6 Å². The molecule has 1 heterocycles. The maximum atomic E-state index is 3.78. The second kappa shape index (κ2) is 5.63. The summed E-state index contributed by atoms with van der Waals surface area (Å²) in [5, 5.41) is 0. The van der Waals surface area contributed by atoms with Crippen LogP contribution in [0.15, 0.2) is 37.1 Å². The van der Waals surface area contributed by atoms with Gasteiger partial charge in [0.2, 0.25) is 0 Å². The first-order chi connectivity index (χ1) is 6.38. The summed E-state index contributed by atoms with van der Waals surface area (Å²) in [6, 6.07) is 0.536. The van der Waals surface area contributed by atoms with Crippen molar-refractivity contribution in [1.82, 2.24) is 4.90 Å². The summed E-state index contributed by atoms with van der Waals surface area (Å²) < 4.78 is 0. The number of nitrogens with zero attached hydrogens (tertiary/aromatic N) is 1. The fraction of sp³-hybridized carbons (Fsp3) is 0.500. The van der Waals surface area contributed by atoms with Gasteiger partial charge in [-0.05, 0) is 25.1 Å². The topological polar surface area (TPSA) is 3.24 Å². The zero-order valence-corrected chi connectivity index (χ0v) is 8.45. The Morgan fingerprint density at radius 3 is 3.00 bits per heavy atom. The van der Waals surface area contributed by atoms with E-state index in [0.29, 0.717) is 6.04 Å². The van der Waals surface area contributed by atoms with Gasteiger partial charge >= 0.3 is 0 Å². The summed E-state index contributed by atoms with van der Waals surface area (Å²) in [4.78, 5) is 2.39. The molecule has 1 nitrogen and oxygen atoms in total. The monoisotopic (exact) mass is 177 g/mol. The first-order valence-corrected chi connectivity index (χ1v) is 5.10. The zero-order chi connectivity index (χ0) is 9.52. The second-order valence-electron chi connectivity index (χ2n) is 3.41. The number of allylic oxidation sites excluding steroid dienone is 2. The maximum absolute atomic E-state index is 3.78. The zero-order valence-electron chi connectivity index (χ0n) is 8.45. The van der Waals surface area contributed by atoms with E-state index in [1.807, 2.05) is 6.08 Å². The molecule has 0 aromatic carbocycles. The van der Waals surface area contributed by atoms with Crippen molar-refractivity contribution in [3.8, 4) is 0 Å². The Kier molecular flexibility index (Phi) is 4.37. The highest BCUT2D eigenvalue weighted by molar-refractivity contribution is 5.14. The lowest BCUT2D eigenvalue weighted by atomic mass is 10.1. The Bertz CT molecular complexity index is 203. The minimum absolute atomic E-state index is 0.536. The molecule has 1 heteroatoms. The maximum Gasteiger partial charge on any atom is 0.0504 e. The molecule has 0 spiro atoms. The highest BCUT2D eigenvalue weighted by Crippen LogP contribution is 2.13. The third kappa shape index (κ3) is 3.10. The Balaban J connectivity index is 2.44. The molecule has 0 saturated carbocycles. The molecule has 0 aromatic rings. The normalized spacial score (nSPS) is 20.7. The first kappa shape index (κ1) is 10.1. The molecule has 1 aliphatic rings. The number of rotatable bonds is 5. The lowest BCUT2D eigenvalue weighted by Gasteiger charge is -2.29. The van der Waals surface area contributed by atoms with Crippen molar-refractivity contribution < 1.29 is 0 Å². The third-order valence-electron chi connectivity index (χ3n) is 2.33. The Hall–Kier alpha value is -0.980. The third-order valence-corrected chi connectivity index (χ3v) is 2.33. The first-order valence-electron chi connectivity index (χ1n) is 5.10. The van der Waals surface area contributed by atoms with Crippen LogP contribution in [0.25, 0.3) is 0 Å². The smallest absolute Gasteiger partial charge is 0.0504 e. The van der Waals surface area contributed by atoms with Crippen molar-refractivity contribution in [2.45, 2.75) is 32.2 Å². The van der Waals surface area contributed by atoms with E-state index in [1.54, 1.807) is 0 Å². The van der Waals surface area contributed by atoms with E-state index in [1.165, 1.54) is 12.8 Å². The molecular weight excluding hydrogens is 158 g/mol. The molecule has 0 fully saturated rings. The van der Waals surface area contributed by atoms with Gasteiger partial charge < -0.3 is 4.90 Å². The number of hydrogen-bond acceptors (Lipinski definition) is 1. The largest absolute Gasteiger partial charge is 0.371 e. The Labute approximate surface area is 81.4 Å². The molecule has 0 radical (unpaired) electrons. The van der Waals surface area contributed by atoms with Crippen LogP contribution in [0.5, 0.6) is 0 Å². The van der Waals surface area contributed by atoms with Crippen molar-refractivity contribution in [2.75, 3.05) is 6.54 Å². The summed E-state index contributed by atoms with van der Waals surface area (Å²) in [5.74, 6) is 0. The highest BCUT2D eigenvalue weighted by atomic mass is 15.1. The standard InChI is InChI=1S/C12H19N/c1-3-5-10-13-11-7-6-9-12(13)8-4-2/h4,6-7,9,11-12H,2-3,5,8,10H2,1H3. The van der Waals surface area contributed by atoms with Crippen LogP contribution in [0.1, 0.15) is 26.2 Å². The Morgan fingerprint density at radius 2 is 2.31 bits per heavy atom. The van der Waals surface area contributed by atoms with Crippen molar-refractivity contribution >= 4 is 0 Å². The van der Waals surface area contributed by atoms with Crippen LogP contribution in [-0.2, 0) is 0 Å². The van der Waals surface area contributed by atoms with Gasteiger partial charge in [0.1, 0.15) is 0 Å². The summed E-state index contributed by atoms with van der Waals surface area (Å²) in [6.07, 6.45) is 14.2. The van der Waals surface area contributed by atoms with E-state index in [9.17, 15) is 0 Å². The fourth-order valence-corrected chi connectivity index (χ4v) is 1.54.